The van der Waals surface area contributed by atoms with Gasteiger partial charge < -0.3 is 20.1 Å². The molecule has 2 unspecified atom stereocenters. The summed E-state index contributed by atoms with van der Waals surface area (Å²) in [7, 11) is 3.75. The minimum atomic E-state index is -1.34. The smallest absolute Gasteiger partial charge is 0.323 e. The number of hydrogen-bond donors (Lipinski definition) is 3. The molecule has 188 valence electrons. The van der Waals surface area contributed by atoms with Crippen molar-refractivity contribution in [1.82, 2.24) is 20.4 Å². The van der Waals surface area contributed by atoms with E-state index in [1.54, 1.807) is 7.11 Å². The van der Waals surface area contributed by atoms with Crippen molar-refractivity contribution in [3.8, 4) is 17.6 Å². The van der Waals surface area contributed by atoms with Gasteiger partial charge in [-0.1, -0.05) is 30.0 Å². The number of amides is 3. The molecule has 36 heavy (non-hydrogen) atoms. The second-order valence-corrected chi connectivity index (χ2v) is 10.1. The van der Waals surface area contributed by atoms with Crippen molar-refractivity contribution in [2.45, 2.75) is 37.6 Å². The van der Waals surface area contributed by atoms with Crippen molar-refractivity contribution < 1.29 is 19.4 Å². The molecule has 3 heterocycles. The van der Waals surface area contributed by atoms with Crippen LogP contribution in [0.1, 0.15) is 41.2 Å². The van der Waals surface area contributed by atoms with Gasteiger partial charge in [-0.15, -0.1) is 0 Å². The molecule has 3 amide bonds. The fourth-order valence-corrected chi connectivity index (χ4v) is 5.31. The Hall–Kier alpha value is -3.38. The standard InChI is InChI=1S/C28H32N4O4/c1-31-13-10-21(11-14-31)25(33)20-5-3-19(4-6-20)9-12-28(26(34)29-27(35)30-28)18-32-16-22-7-8-24(36-2)15-23(22)17-32/h3-8,15,21,25,33H,10-11,13-14,16-18H2,1-2H3,(H2,29,30,34,35). The third-order valence-electron chi connectivity index (χ3n) is 7.49. The lowest BCUT2D eigenvalue weighted by Crippen LogP contribution is -2.53. The second kappa shape index (κ2) is 9.94. The van der Waals surface area contributed by atoms with E-state index in [9.17, 15) is 14.7 Å². The number of nitrogens with one attached hydrogen (secondary N) is 2. The molecule has 0 aromatic heterocycles. The molecule has 2 saturated heterocycles. The van der Waals surface area contributed by atoms with Crippen LogP contribution in [0.2, 0.25) is 0 Å². The van der Waals surface area contributed by atoms with Gasteiger partial charge >= 0.3 is 6.03 Å². The number of aliphatic hydroxyl groups is 1. The van der Waals surface area contributed by atoms with Gasteiger partial charge in [0.2, 0.25) is 0 Å². The fraction of sp³-hybridized carbons (Fsp3) is 0.429. The van der Waals surface area contributed by atoms with Crippen LogP contribution in [0, 0.1) is 17.8 Å². The number of rotatable bonds is 5. The zero-order valence-corrected chi connectivity index (χ0v) is 20.7. The van der Waals surface area contributed by atoms with E-state index >= 15 is 0 Å². The quantitative estimate of drug-likeness (QED) is 0.441. The van der Waals surface area contributed by atoms with Gasteiger partial charge in [0.15, 0.2) is 5.54 Å². The van der Waals surface area contributed by atoms with E-state index in [1.165, 1.54) is 5.56 Å². The molecule has 2 atom stereocenters. The second-order valence-electron chi connectivity index (χ2n) is 10.1. The van der Waals surface area contributed by atoms with E-state index in [-0.39, 0.29) is 12.5 Å². The highest BCUT2D eigenvalue weighted by Crippen LogP contribution is 2.31. The summed E-state index contributed by atoms with van der Waals surface area (Å²) < 4.78 is 5.33. The first-order valence-corrected chi connectivity index (χ1v) is 12.4. The molecule has 0 radical (unpaired) electrons. The predicted octanol–water partition coefficient (Wildman–Crippen LogP) is 2.02. The Morgan fingerprint density at radius 3 is 2.50 bits per heavy atom. The number of fused-ring (bicyclic) bond motifs is 1. The van der Waals surface area contributed by atoms with Crippen molar-refractivity contribution in [2.75, 3.05) is 33.8 Å². The van der Waals surface area contributed by atoms with Crippen LogP contribution in [0.4, 0.5) is 4.79 Å². The Labute approximate surface area is 211 Å². The molecule has 0 aliphatic carbocycles. The Bertz CT molecular complexity index is 1210. The maximum atomic E-state index is 12.9. The molecule has 0 saturated carbocycles. The molecular formula is C28H32N4O4. The molecule has 2 aromatic carbocycles. The highest BCUT2D eigenvalue weighted by Gasteiger charge is 2.47. The third kappa shape index (κ3) is 4.96. The average molecular weight is 489 g/mol. The molecule has 3 aliphatic heterocycles. The Morgan fingerprint density at radius 2 is 1.83 bits per heavy atom. The first kappa shape index (κ1) is 24.3. The normalized spacial score (nSPS) is 23.4. The topological polar surface area (TPSA) is 94.1 Å². The van der Waals surface area contributed by atoms with Gasteiger partial charge in [-0.2, -0.15) is 0 Å². The van der Waals surface area contributed by atoms with Gasteiger partial charge in [-0.25, -0.2) is 4.79 Å². The van der Waals surface area contributed by atoms with Crippen molar-refractivity contribution in [3.63, 3.8) is 0 Å². The number of carbonyl (C=O) groups is 2. The lowest BCUT2D eigenvalue weighted by molar-refractivity contribution is -0.122. The molecule has 0 bridgehead atoms. The Kier molecular flexibility index (Phi) is 6.71. The van der Waals surface area contributed by atoms with Crippen LogP contribution in [0.15, 0.2) is 42.5 Å². The van der Waals surface area contributed by atoms with Crippen LogP contribution in [0.3, 0.4) is 0 Å². The summed E-state index contributed by atoms with van der Waals surface area (Å²) in [5.41, 5.74) is 2.57. The number of imide groups is 1. The zero-order chi connectivity index (χ0) is 25.3. The van der Waals surface area contributed by atoms with Gasteiger partial charge in [0.1, 0.15) is 5.75 Å². The van der Waals surface area contributed by atoms with Crippen LogP contribution in [-0.2, 0) is 17.9 Å². The molecule has 3 N–H and O–H groups in total. The number of likely N-dealkylation sites (tertiary alicyclic amines) is 1. The molecule has 3 aliphatic rings. The zero-order valence-electron chi connectivity index (χ0n) is 20.7. The molecule has 2 aromatic rings. The highest BCUT2D eigenvalue weighted by molar-refractivity contribution is 6.09. The van der Waals surface area contributed by atoms with E-state index in [1.807, 2.05) is 42.5 Å². The summed E-state index contributed by atoms with van der Waals surface area (Å²) in [6.45, 7) is 3.56. The van der Waals surface area contributed by atoms with Crippen LogP contribution >= 0.6 is 0 Å². The summed E-state index contributed by atoms with van der Waals surface area (Å²) in [5.74, 6) is 6.74. The van der Waals surface area contributed by atoms with E-state index in [4.69, 9.17) is 4.74 Å². The fourth-order valence-electron chi connectivity index (χ4n) is 5.31. The van der Waals surface area contributed by atoms with Crippen LogP contribution in [0.25, 0.3) is 0 Å². The highest BCUT2D eigenvalue weighted by atomic mass is 16.5. The maximum absolute atomic E-state index is 12.9. The number of hydrogen-bond acceptors (Lipinski definition) is 6. The van der Waals surface area contributed by atoms with Gasteiger partial charge in [0.25, 0.3) is 5.91 Å². The van der Waals surface area contributed by atoms with E-state index < -0.39 is 23.6 Å². The molecule has 5 rings (SSSR count). The SMILES string of the molecule is COc1ccc2c(c1)CN(CC1(C#Cc3ccc(C(O)C4CCN(C)CC4)cc3)NC(=O)NC1=O)C2. The van der Waals surface area contributed by atoms with Gasteiger partial charge in [0, 0.05) is 25.2 Å². The van der Waals surface area contributed by atoms with Crippen molar-refractivity contribution in [2.24, 2.45) is 5.92 Å². The summed E-state index contributed by atoms with van der Waals surface area (Å²) in [5, 5.41) is 15.9. The van der Waals surface area contributed by atoms with Crippen LogP contribution < -0.4 is 15.4 Å². The number of carbonyl (C=O) groups excluding carboxylic acids is 2. The summed E-state index contributed by atoms with van der Waals surface area (Å²) in [6, 6.07) is 12.9. The lowest BCUT2D eigenvalue weighted by Gasteiger charge is -2.32. The predicted molar refractivity (Wildman–Crippen MR) is 135 cm³/mol. The van der Waals surface area contributed by atoms with Gasteiger partial charge in [-0.3, -0.25) is 15.0 Å². The number of methoxy groups -OCH3 is 1. The average Bonchev–Trinajstić information content (AvgIpc) is 3.41. The molecule has 0 spiro atoms. The summed E-state index contributed by atoms with van der Waals surface area (Å²) in [4.78, 5) is 29.3. The lowest BCUT2D eigenvalue weighted by atomic mass is 9.87. The molecule has 8 nitrogen and oxygen atoms in total. The monoisotopic (exact) mass is 488 g/mol. The first-order chi connectivity index (χ1) is 17.3. The largest absolute Gasteiger partial charge is 0.497 e. The minimum Gasteiger partial charge on any atom is -0.497 e. The summed E-state index contributed by atoms with van der Waals surface area (Å²) >= 11 is 0. The number of benzene rings is 2. The van der Waals surface area contributed by atoms with Gasteiger partial charge in [0.05, 0.1) is 13.2 Å². The van der Waals surface area contributed by atoms with Crippen LogP contribution in [-0.4, -0.2) is 66.2 Å². The van der Waals surface area contributed by atoms with Crippen LogP contribution in [0.5, 0.6) is 5.75 Å². The number of aliphatic hydroxyl groups excluding tert-OH is 1. The first-order valence-electron chi connectivity index (χ1n) is 12.4. The van der Waals surface area contributed by atoms with Crippen molar-refractivity contribution >= 4 is 11.9 Å². The van der Waals surface area contributed by atoms with E-state index in [2.05, 4.69) is 39.3 Å². The summed E-state index contributed by atoms with van der Waals surface area (Å²) in [6.07, 6.45) is 1.45. The maximum Gasteiger partial charge on any atom is 0.323 e. The van der Waals surface area contributed by atoms with E-state index in [0.717, 1.165) is 48.4 Å². The number of nitrogens with zero attached hydrogens (tertiary/aromatic N) is 2. The van der Waals surface area contributed by atoms with Crippen molar-refractivity contribution in [1.29, 1.82) is 0 Å². The Balaban J connectivity index is 1.31. The molecule has 8 heteroatoms. The van der Waals surface area contributed by atoms with E-state index in [0.29, 0.717) is 13.1 Å². The number of piperidine rings is 1. The van der Waals surface area contributed by atoms with Gasteiger partial charge in [-0.05, 0) is 79.9 Å². The molecular weight excluding hydrogens is 456 g/mol. The third-order valence-corrected chi connectivity index (χ3v) is 7.49. The molecule has 2 fully saturated rings. The van der Waals surface area contributed by atoms with Crippen molar-refractivity contribution in [3.05, 3.63) is 64.7 Å². The number of ether oxygens (including phenoxy) is 1. The Morgan fingerprint density at radius 1 is 1.11 bits per heavy atom. The minimum absolute atomic E-state index is 0.253. The number of urea groups is 1.